The van der Waals surface area contributed by atoms with Gasteiger partial charge in [0.1, 0.15) is 0 Å². The van der Waals surface area contributed by atoms with Crippen LogP contribution in [0.2, 0.25) is 5.28 Å². The fraction of sp³-hybridized carbons (Fsp3) is 0.714. The third-order valence-electron chi connectivity index (χ3n) is 6.95. The number of nitrogens with one attached hydrogen (secondary N) is 2. The van der Waals surface area contributed by atoms with E-state index in [1.54, 1.807) is 0 Å². The summed E-state index contributed by atoms with van der Waals surface area (Å²) in [5.41, 5.74) is 5.00. The summed E-state index contributed by atoms with van der Waals surface area (Å²) in [6.07, 6.45) is 4.99. The maximum atomic E-state index is 15.3. The molecule has 3 atom stereocenters. The Balaban J connectivity index is 1.72. The molecule has 1 aliphatic carbocycles. The van der Waals surface area contributed by atoms with E-state index in [4.69, 9.17) is 11.6 Å². The standard InChI is InChI=1S/C21H33ClFN7O3/c1-13-14(2)30(9-8-28(13)3)19-17(23)18(24-21(22)25-19)26-27-20(32)16(11-29(33)12-31)10-15-6-4-5-7-15/h12-16,33H,4-11H2,1-3H3,(H,27,32)(H,24,25,26)/t13-,14+,16+/m1/s1. The summed E-state index contributed by atoms with van der Waals surface area (Å²) in [6.45, 7) is 5.21. The summed E-state index contributed by atoms with van der Waals surface area (Å²) in [7, 11) is 2.02. The van der Waals surface area contributed by atoms with Gasteiger partial charge in [-0.05, 0) is 44.8 Å². The van der Waals surface area contributed by atoms with Gasteiger partial charge in [0.05, 0.1) is 12.5 Å². The molecule has 3 rings (SSSR count). The van der Waals surface area contributed by atoms with Gasteiger partial charge in [-0.3, -0.25) is 30.5 Å². The first-order chi connectivity index (χ1) is 15.7. The minimum Gasteiger partial charge on any atom is -0.348 e. The second kappa shape index (κ2) is 11.3. The van der Waals surface area contributed by atoms with Gasteiger partial charge in [0.15, 0.2) is 11.6 Å². The van der Waals surface area contributed by atoms with Crippen molar-refractivity contribution in [3.8, 4) is 0 Å². The van der Waals surface area contributed by atoms with E-state index in [2.05, 4.69) is 32.6 Å². The van der Waals surface area contributed by atoms with Crippen LogP contribution < -0.4 is 15.8 Å². The van der Waals surface area contributed by atoms with Crippen molar-refractivity contribution in [1.82, 2.24) is 25.4 Å². The molecule has 1 aliphatic heterocycles. The summed E-state index contributed by atoms with van der Waals surface area (Å²) in [5, 5.41) is 9.93. The van der Waals surface area contributed by atoms with Gasteiger partial charge in [0.25, 0.3) is 0 Å². The highest BCUT2D eigenvalue weighted by atomic mass is 35.5. The first kappa shape index (κ1) is 25.4. The maximum Gasteiger partial charge on any atom is 0.243 e. The average molecular weight is 486 g/mol. The third-order valence-corrected chi connectivity index (χ3v) is 7.12. The summed E-state index contributed by atoms with van der Waals surface area (Å²) >= 11 is 6.08. The van der Waals surface area contributed by atoms with Crippen LogP contribution in [0.15, 0.2) is 0 Å². The van der Waals surface area contributed by atoms with Crippen LogP contribution in [0.25, 0.3) is 0 Å². The number of piperazine rings is 1. The number of hydrogen-bond donors (Lipinski definition) is 3. The van der Waals surface area contributed by atoms with Crippen molar-refractivity contribution in [3.05, 3.63) is 11.1 Å². The van der Waals surface area contributed by atoms with Gasteiger partial charge in [-0.25, -0.2) is 5.06 Å². The monoisotopic (exact) mass is 485 g/mol. The highest BCUT2D eigenvalue weighted by molar-refractivity contribution is 6.28. The Morgan fingerprint density at radius 3 is 2.67 bits per heavy atom. The van der Waals surface area contributed by atoms with Gasteiger partial charge in [-0.1, -0.05) is 25.7 Å². The average Bonchev–Trinajstić information content (AvgIpc) is 3.30. The van der Waals surface area contributed by atoms with E-state index in [0.29, 0.717) is 23.9 Å². The molecular formula is C21H33ClFN7O3. The van der Waals surface area contributed by atoms with Crippen molar-refractivity contribution in [2.45, 2.75) is 58.0 Å². The van der Waals surface area contributed by atoms with Gasteiger partial charge in [0, 0.05) is 25.2 Å². The van der Waals surface area contributed by atoms with Crippen LogP contribution in [0, 0.1) is 17.7 Å². The van der Waals surface area contributed by atoms with Gasteiger partial charge in [-0.2, -0.15) is 14.4 Å². The van der Waals surface area contributed by atoms with E-state index < -0.39 is 17.6 Å². The molecule has 0 aromatic carbocycles. The number of aromatic nitrogens is 2. The van der Waals surface area contributed by atoms with E-state index in [1.165, 1.54) is 0 Å². The number of hydrazine groups is 1. The number of likely N-dealkylation sites (N-methyl/N-ethyl adjacent to an activating group) is 1. The lowest BCUT2D eigenvalue weighted by atomic mass is 9.92. The van der Waals surface area contributed by atoms with E-state index in [0.717, 1.165) is 32.2 Å². The molecule has 1 saturated heterocycles. The van der Waals surface area contributed by atoms with Crippen LogP contribution in [0.4, 0.5) is 16.0 Å². The van der Waals surface area contributed by atoms with Crippen LogP contribution in [0.5, 0.6) is 0 Å². The first-order valence-corrected chi connectivity index (χ1v) is 11.8. The molecule has 0 spiro atoms. The topological polar surface area (TPSA) is 114 Å². The lowest BCUT2D eigenvalue weighted by molar-refractivity contribution is -0.154. The Bertz CT molecular complexity index is 842. The van der Waals surface area contributed by atoms with Crippen molar-refractivity contribution in [2.75, 3.05) is 37.0 Å². The van der Waals surface area contributed by atoms with Crippen LogP contribution >= 0.6 is 11.6 Å². The van der Waals surface area contributed by atoms with Crippen molar-refractivity contribution in [2.24, 2.45) is 11.8 Å². The normalized spacial score (nSPS) is 22.8. The Morgan fingerprint density at radius 2 is 2.00 bits per heavy atom. The van der Waals surface area contributed by atoms with Crippen molar-refractivity contribution >= 4 is 35.6 Å². The number of amides is 2. The highest BCUT2D eigenvalue weighted by Crippen LogP contribution is 2.31. The molecule has 0 unspecified atom stereocenters. The second-order valence-corrected chi connectivity index (χ2v) is 9.40. The smallest absolute Gasteiger partial charge is 0.243 e. The molecule has 10 nitrogen and oxygen atoms in total. The zero-order valence-electron chi connectivity index (χ0n) is 19.3. The van der Waals surface area contributed by atoms with Crippen LogP contribution in [-0.2, 0) is 9.59 Å². The fourth-order valence-corrected chi connectivity index (χ4v) is 4.85. The van der Waals surface area contributed by atoms with Crippen molar-refractivity contribution < 1.29 is 19.2 Å². The molecule has 1 aromatic rings. The van der Waals surface area contributed by atoms with Crippen LogP contribution in [-0.4, -0.2) is 76.2 Å². The number of carbonyl (C=O) groups excluding carboxylic acids is 2. The Labute approximate surface area is 198 Å². The molecule has 0 radical (unpaired) electrons. The number of rotatable bonds is 9. The van der Waals surface area contributed by atoms with Crippen LogP contribution in [0.3, 0.4) is 0 Å². The third kappa shape index (κ3) is 6.21. The van der Waals surface area contributed by atoms with Crippen molar-refractivity contribution in [3.63, 3.8) is 0 Å². The molecule has 12 heteroatoms. The molecule has 2 heterocycles. The molecular weight excluding hydrogens is 453 g/mol. The molecule has 3 N–H and O–H groups in total. The second-order valence-electron chi connectivity index (χ2n) is 9.06. The largest absolute Gasteiger partial charge is 0.348 e. The number of nitrogens with zero attached hydrogens (tertiary/aromatic N) is 5. The number of halogens is 2. The molecule has 1 aromatic heterocycles. The quantitative estimate of drug-likeness (QED) is 0.211. The molecule has 0 bridgehead atoms. The first-order valence-electron chi connectivity index (χ1n) is 11.4. The molecule has 2 amide bonds. The molecule has 2 aliphatic rings. The summed E-state index contributed by atoms with van der Waals surface area (Å²) in [5.74, 6) is -1.67. The van der Waals surface area contributed by atoms with E-state index in [9.17, 15) is 14.8 Å². The molecule has 33 heavy (non-hydrogen) atoms. The molecule has 2 fully saturated rings. The summed E-state index contributed by atoms with van der Waals surface area (Å²) in [4.78, 5) is 35.7. The van der Waals surface area contributed by atoms with E-state index in [1.807, 2.05) is 18.9 Å². The van der Waals surface area contributed by atoms with Gasteiger partial charge < -0.3 is 4.90 Å². The zero-order valence-corrected chi connectivity index (χ0v) is 20.1. The number of hydrogen-bond acceptors (Lipinski definition) is 8. The Morgan fingerprint density at radius 1 is 1.30 bits per heavy atom. The minimum atomic E-state index is -0.715. The fourth-order valence-electron chi connectivity index (χ4n) is 4.69. The van der Waals surface area contributed by atoms with Crippen molar-refractivity contribution in [1.29, 1.82) is 0 Å². The van der Waals surface area contributed by atoms with E-state index in [-0.39, 0.29) is 42.0 Å². The summed E-state index contributed by atoms with van der Waals surface area (Å²) in [6, 6.07) is 0.167. The van der Waals surface area contributed by atoms with Crippen LogP contribution in [0.1, 0.15) is 46.0 Å². The number of carbonyl (C=O) groups is 2. The predicted molar refractivity (Wildman–Crippen MR) is 122 cm³/mol. The molecule has 184 valence electrons. The van der Waals surface area contributed by atoms with E-state index >= 15 is 4.39 Å². The van der Waals surface area contributed by atoms with Gasteiger partial charge in [-0.15, -0.1) is 0 Å². The Hall–Kier alpha value is -2.24. The SMILES string of the molecule is C[C@@H]1[C@H](C)N(c2nc(Cl)nc(NNC(=O)[C@@H](CC3CCCC3)CN(O)C=O)c2F)CCN1C. The minimum absolute atomic E-state index is 0.0127. The zero-order chi connectivity index (χ0) is 24.1. The van der Waals surface area contributed by atoms with Gasteiger partial charge >= 0.3 is 0 Å². The Kier molecular flexibility index (Phi) is 8.66. The summed E-state index contributed by atoms with van der Waals surface area (Å²) < 4.78 is 15.3. The number of anilines is 2. The van der Waals surface area contributed by atoms with Gasteiger partial charge in [0.2, 0.25) is 23.4 Å². The lowest BCUT2D eigenvalue weighted by Gasteiger charge is -2.44. The lowest BCUT2D eigenvalue weighted by Crippen LogP contribution is -2.56. The highest BCUT2D eigenvalue weighted by Gasteiger charge is 2.32. The predicted octanol–water partition coefficient (Wildman–Crippen LogP) is 2.29. The maximum absolute atomic E-state index is 15.3. The molecule has 1 saturated carbocycles. The number of hydroxylamine groups is 2.